The number of benzene rings is 3. The van der Waals surface area contributed by atoms with E-state index in [9.17, 15) is 0 Å². The van der Waals surface area contributed by atoms with Crippen LogP contribution in [0, 0.1) is 19.3 Å². The minimum atomic E-state index is -0.0253. The summed E-state index contributed by atoms with van der Waals surface area (Å²) in [5.41, 5.74) is 13.9. The Balaban J connectivity index is 1.62. The first kappa shape index (κ1) is 23.0. The molecule has 0 radical (unpaired) electrons. The summed E-state index contributed by atoms with van der Waals surface area (Å²) in [6.45, 7) is 16.0. The number of aromatic nitrogens is 1. The average Bonchev–Trinajstić information content (AvgIpc) is 3.27. The molecular weight excluding hydrogens is 438 g/mol. The van der Waals surface area contributed by atoms with Crippen molar-refractivity contribution in [2.45, 2.75) is 60.3 Å². The van der Waals surface area contributed by atoms with Crippen molar-refractivity contribution in [1.29, 1.82) is 0 Å². The van der Waals surface area contributed by atoms with Crippen molar-refractivity contribution in [1.82, 2.24) is 0 Å². The van der Waals surface area contributed by atoms with Gasteiger partial charge < -0.3 is 4.42 Å². The largest absolute Gasteiger partial charge is 0.455 e. The lowest BCUT2D eigenvalue weighted by Gasteiger charge is -2.21. The fraction of sp³-hybridized carbons (Fsp3) is 0.324. The highest BCUT2D eigenvalue weighted by Gasteiger charge is 2.36. The van der Waals surface area contributed by atoms with E-state index in [0.717, 1.165) is 17.6 Å². The summed E-state index contributed by atoms with van der Waals surface area (Å²) in [5, 5.41) is 2.40. The summed E-state index contributed by atoms with van der Waals surface area (Å²) >= 11 is 0. The molecule has 2 aromatic heterocycles. The van der Waals surface area contributed by atoms with Gasteiger partial charge in [0.15, 0.2) is 6.20 Å². The average molecular weight is 475 g/mol. The molecule has 0 fully saturated rings. The Morgan fingerprint density at radius 1 is 0.833 bits per heavy atom. The molecule has 6 rings (SSSR count). The van der Waals surface area contributed by atoms with E-state index in [1.54, 1.807) is 0 Å². The molecule has 0 aliphatic heterocycles. The number of furan rings is 1. The number of pyridine rings is 1. The van der Waals surface area contributed by atoms with Crippen molar-refractivity contribution in [3.63, 3.8) is 0 Å². The molecule has 0 atom stereocenters. The third-order valence-corrected chi connectivity index (χ3v) is 8.11. The number of nitrogens with zero attached hydrogens (tertiary/aromatic N) is 1. The monoisotopic (exact) mass is 474 g/mol. The standard InChI is InChI=1S/C34H36NO/c1-20-13-14-24-26-16-28-25(23-11-9-10-12-27(23)34(28,6)7)17-30(26)36-32(24)31(20)29-15-22(18-33(3,4)5)21(2)19-35(29)8/h9-17,19H,18H2,1-8H3/q+1. The van der Waals surface area contributed by atoms with Crippen LogP contribution in [0.15, 0.2) is 65.2 Å². The Kier molecular flexibility index (Phi) is 4.83. The first-order valence-electron chi connectivity index (χ1n) is 13.1. The second-order valence-electron chi connectivity index (χ2n) is 12.5. The Morgan fingerprint density at radius 3 is 2.33 bits per heavy atom. The molecule has 0 saturated carbocycles. The first-order valence-corrected chi connectivity index (χ1v) is 13.1. The highest BCUT2D eigenvalue weighted by molar-refractivity contribution is 6.11. The molecule has 0 unspecified atom stereocenters. The molecule has 2 nitrogen and oxygen atoms in total. The molecule has 0 bridgehead atoms. The van der Waals surface area contributed by atoms with Crippen LogP contribution in [-0.2, 0) is 18.9 Å². The zero-order valence-electron chi connectivity index (χ0n) is 22.8. The van der Waals surface area contributed by atoms with Gasteiger partial charge in [0.25, 0.3) is 0 Å². The predicted molar refractivity (Wildman–Crippen MR) is 151 cm³/mol. The van der Waals surface area contributed by atoms with E-state index in [1.165, 1.54) is 61.0 Å². The molecule has 2 heterocycles. The van der Waals surface area contributed by atoms with Crippen LogP contribution in [0.2, 0.25) is 0 Å². The van der Waals surface area contributed by atoms with E-state index in [4.69, 9.17) is 4.42 Å². The van der Waals surface area contributed by atoms with Crippen molar-refractivity contribution >= 4 is 21.9 Å². The molecule has 1 aliphatic rings. The number of hydrogen-bond acceptors (Lipinski definition) is 1. The topological polar surface area (TPSA) is 17.0 Å². The van der Waals surface area contributed by atoms with Gasteiger partial charge in [-0.1, -0.05) is 71.0 Å². The quantitative estimate of drug-likeness (QED) is 0.234. The Bertz CT molecular complexity index is 1690. The van der Waals surface area contributed by atoms with Crippen LogP contribution in [0.3, 0.4) is 0 Å². The van der Waals surface area contributed by atoms with Gasteiger partial charge in [-0.25, -0.2) is 4.57 Å². The summed E-state index contributed by atoms with van der Waals surface area (Å²) in [4.78, 5) is 0. The number of rotatable bonds is 2. The van der Waals surface area contributed by atoms with Gasteiger partial charge in [-0.2, -0.15) is 0 Å². The minimum Gasteiger partial charge on any atom is -0.455 e. The van der Waals surface area contributed by atoms with E-state index in [1.807, 2.05) is 0 Å². The number of hydrogen-bond donors (Lipinski definition) is 0. The third-order valence-electron chi connectivity index (χ3n) is 8.11. The number of fused-ring (bicyclic) bond motifs is 6. The summed E-state index contributed by atoms with van der Waals surface area (Å²) in [6, 6.07) is 20.3. The van der Waals surface area contributed by atoms with Gasteiger partial charge in [-0.3, -0.25) is 0 Å². The molecule has 2 heteroatoms. The molecule has 0 spiro atoms. The van der Waals surface area contributed by atoms with Gasteiger partial charge in [-0.05, 0) is 71.2 Å². The van der Waals surface area contributed by atoms with Crippen LogP contribution < -0.4 is 4.57 Å². The van der Waals surface area contributed by atoms with Crippen LogP contribution in [0.4, 0.5) is 0 Å². The maximum absolute atomic E-state index is 6.74. The SMILES string of the molecule is Cc1c[n+](C)c(-c2c(C)ccc3c2oc2cc4c(cc23)C(C)(C)c2ccccc2-4)cc1CC(C)(C)C. The van der Waals surface area contributed by atoms with Gasteiger partial charge >= 0.3 is 0 Å². The molecule has 1 aliphatic carbocycles. The summed E-state index contributed by atoms with van der Waals surface area (Å²) in [6.07, 6.45) is 3.31. The molecule has 0 amide bonds. The highest BCUT2D eigenvalue weighted by Crippen LogP contribution is 2.51. The first-order chi connectivity index (χ1) is 17.0. The Hall–Kier alpha value is -3.39. The zero-order chi connectivity index (χ0) is 25.6. The van der Waals surface area contributed by atoms with Gasteiger partial charge in [0.05, 0.1) is 5.56 Å². The maximum Gasteiger partial charge on any atom is 0.216 e. The lowest BCUT2D eigenvalue weighted by molar-refractivity contribution is -0.660. The van der Waals surface area contributed by atoms with E-state index < -0.39 is 0 Å². The van der Waals surface area contributed by atoms with Crippen LogP contribution >= 0.6 is 0 Å². The molecule has 5 aromatic rings. The van der Waals surface area contributed by atoms with E-state index >= 15 is 0 Å². The summed E-state index contributed by atoms with van der Waals surface area (Å²) in [5.74, 6) is 0. The molecule has 0 saturated heterocycles. The van der Waals surface area contributed by atoms with Gasteiger partial charge in [-0.15, -0.1) is 0 Å². The summed E-state index contributed by atoms with van der Waals surface area (Å²) < 4.78 is 9.00. The van der Waals surface area contributed by atoms with E-state index in [-0.39, 0.29) is 10.8 Å². The third kappa shape index (κ3) is 3.34. The molecular formula is C34H36NO+. The van der Waals surface area contributed by atoms with E-state index in [2.05, 4.69) is 121 Å². The maximum atomic E-state index is 6.74. The predicted octanol–water partition coefficient (Wildman–Crippen LogP) is 8.59. The highest BCUT2D eigenvalue weighted by atomic mass is 16.3. The van der Waals surface area contributed by atoms with Crippen LogP contribution in [0.25, 0.3) is 44.3 Å². The van der Waals surface area contributed by atoms with Crippen LogP contribution in [-0.4, -0.2) is 0 Å². The molecule has 0 N–H and O–H groups in total. The lowest BCUT2D eigenvalue weighted by Crippen LogP contribution is -2.32. The van der Waals surface area contributed by atoms with Crippen molar-refractivity contribution in [2.24, 2.45) is 12.5 Å². The molecule has 3 aromatic carbocycles. The Morgan fingerprint density at radius 2 is 1.58 bits per heavy atom. The van der Waals surface area contributed by atoms with Gasteiger partial charge in [0.2, 0.25) is 5.69 Å². The minimum absolute atomic E-state index is 0.0253. The van der Waals surface area contributed by atoms with Crippen LogP contribution in [0.5, 0.6) is 0 Å². The second kappa shape index (κ2) is 7.56. The summed E-state index contributed by atoms with van der Waals surface area (Å²) in [7, 11) is 2.15. The van der Waals surface area contributed by atoms with Gasteiger partial charge in [0.1, 0.15) is 18.2 Å². The zero-order valence-corrected chi connectivity index (χ0v) is 22.8. The van der Waals surface area contributed by atoms with Gasteiger partial charge in [0, 0.05) is 27.8 Å². The van der Waals surface area contributed by atoms with Crippen molar-refractivity contribution < 1.29 is 8.98 Å². The fourth-order valence-electron chi connectivity index (χ4n) is 6.28. The Labute approximate surface area is 214 Å². The fourth-order valence-corrected chi connectivity index (χ4v) is 6.28. The van der Waals surface area contributed by atoms with E-state index in [0.29, 0.717) is 0 Å². The smallest absolute Gasteiger partial charge is 0.216 e. The van der Waals surface area contributed by atoms with Crippen LogP contribution in [0.1, 0.15) is 62.4 Å². The molecule has 36 heavy (non-hydrogen) atoms. The normalized spacial score (nSPS) is 14.4. The van der Waals surface area contributed by atoms with Crippen molar-refractivity contribution in [3.05, 3.63) is 88.6 Å². The molecule has 182 valence electrons. The number of aryl methyl sites for hydroxylation is 3. The lowest BCUT2D eigenvalue weighted by atomic mass is 9.82. The van der Waals surface area contributed by atoms with Crippen molar-refractivity contribution in [2.75, 3.05) is 0 Å². The second-order valence-corrected chi connectivity index (χ2v) is 12.5. The van der Waals surface area contributed by atoms with Crippen molar-refractivity contribution in [3.8, 4) is 22.4 Å².